The zero-order chi connectivity index (χ0) is 11.1. The second-order valence-electron chi connectivity index (χ2n) is 5.19. The molecule has 2 rings (SSSR count). The molecule has 4 heteroatoms. The molecule has 0 aromatic carbocycles. The summed E-state index contributed by atoms with van der Waals surface area (Å²) in [5.41, 5.74) is -0.0229. The van der Waals surface area contributed by atoms with Crippen LogP contribution in [0.3, 0.4) is 0 Å². The van der Waals surface area contributed by atoms with Crippen molar-refractivity contribution < 1.29 is 13.5 Å². The fraction of sp³-hybridized carbons (Fsp3) is 1.00. The molecule has 2 aliphatic rings. The molecule has 2 fully saturated rings. The minimum Gasteiger partial charge on any atom is -0.377 e. The second-order valence-corrected chi connectivity index (χ2v) is 5.19. The van der Waals surface area contributed by atoms with Gasteiger partial charge in [-0.2, -0.15) is 0 Å². The third-order valence-corrected chi connectivity index (χ3v) is 3.86. The average Bonchev–Trinajstić information content (AvgIpc) is 2.41. The van der Waals surface area contributed by atoms with Crippen LogP contribution in [0.4, 0.5) is 8.78 Å². The molecule has 0 bridgehead atoms. The van der Waals surface area contributed by atoms with E-state index >= 15 is 0 Å². The van der Waals surface area contributed by atoms with Gasteiger partial charge in [-0.3, -0.25) is 0 Å². The zero-order valence-electron chi connectivity index (χ0n) is 9.35. The van der Waals surface area contributed by atoms with E-state index in [4.69, 9.17) is 4.74 Å². The maximum Gasteiger partial charge on any atom is 0.248 e. The molecule has 0 unspecified atom stereocenters. The Kier molecular flexibility index (Phi) is 2.75. The average molecular weight is 219 g/mol. The Bertz CT molecular complexity index is 239. The lowest BCUT2D eigenvalue weighted by Crippen LogP contribution is -2.52. The molecule has 1 saturated heterocycles. The summed E-state index contributed by atoms with van der Waals surface area (Å²) in [6, 6.07) is 0. The normalized spacial score (nSPS) is 40.4. The predicted molar refractivity (Wildman–Crippen MR) is 54.1 cm³/mol. The van der Waals surface area contributed by atoms with Gasteiger partial charge in [0.1, 0.15) is 0 Å². The topological polar surface area (TPSA) is 21.3 Å². The maximum atomic E-state index is 12.6. The van der Waals surface area contributed by atoms with Crippen molar-refractivity contribution >= 4 is 0 Å². The van der Waals surface area contributed by atoms with Crippen molar-refractivity contribution in [2.45, 2.75) is 50.7 Å². The summed E-state index contributed by atoms with van der Waals surface area (Å²) in [4.78, 5) is 0. The molecular formula is C11H19F2NO. The van der Waals surface area contributed by atoms with Gasteiger partial charge in [-0.05, 0) is 32.7 Å². The lowest BCUT2D eigenvalue weighted by molar-refractivity contribution is -0.110. The first kappa shape index (κ1) is 11.3. The fourth-order valence-electron chi connectivity index (χ4n) is 2.37. The molecule has 2 atom stereocenters. The van der Waals surface area contributed by atoms with Crippen molar-refractivity contribution in [3.63, 3.8) is 0 Å². The van der Waals surface area contributed by atoms with Gasteiger partial charge in [-0.15, -0.1) is 0 Å². The van der Waals surface area contributed by atoms with Crippen LogP contribution in [-0.2, 0) is 4.74 Å². The van der Waals surface area contributed by atoms with E-state index in [1.165, 1.54) is 0 Å². The monoisotopic (exact) mass is 219 g/mol. The van der Waals surface area contributed by atoms with Crippen molar-refractivity contribution in [2.75, 3.05) is 13.2 Å². The molecule has 0 amide bonds. The van der Waals surface area contributed by atoms with Crippen molar-refractivity contribution in [3.8, 4) is 0 Å². The molecule has 0 aromatic rings. The number of rotatable bonds is 3. The SMILES string of the molecule is C[C@@H]1OCC[C@]1(C)NCC1CC(F)(F)C1. The van der Waals surface area contributed by atoms with Gasteiger partial charge in [-0.25, -0.2) is 8.78 Å². The van der Waals surface area contributed by atoms with Crippen molar-refractivity contribution in [1.29, 1.82) is 0 Å². The van der Waals surface area contributed by atoms with Gasteiger partial charge >= 0.3 is 0 Å². The Morgan fingerprint density at radius 1 is 1.40 bits per heavy atom. The predicted octanol–water partition coefficient (Wildman–Crippen LogP) is 2.19. The molecule has 1 saturated carbocycles. The molecule has 0 aromatic heterocycles. The smallest absolute Gasteiger partial charge is 0.248 e. The van der Waals surface area contributed by atoms with E-state index < -0.39 is 5.92 Å². The zero-order valence-corrected chi connectivity index (χ0v) is 9.35. The molecule has 1 aliphatic carbocycles. The van der Waals surface area contributed by atoms with Crippen LogP contribution >= 0.6 is 0 Å². The van der Waals surface area contributed by atoms with E-state index in [-0.39, 0.29) is 30.4 Å². The van der Waals surface area contributed by atoms with Gasteiger partial charge in [0, 0.05) is 25.0 Å². The van der Waals surface area contributed by atoms with Gasteiger partial charge in [0.2, 0.25) is 5.92 Å². The molecule has 0 radical (unpaired) electrons. The Morgan fingerprint density at radius 2 is 2.07 bits per heavy atom. The van der Waals surface area contributed by atoms with Crippen LogP contribution in [0.1, 0.15) is 33.1 Å². The first-order valence-electron chi connectivity index (χ1n) is 5.66. The highest BCUT2D eigenvalue weighted by Gasteiger charge is 2.46. The summed E-state index contributed by atoms with van der Waals surface area (Å²) in [6.45, 7) is 5.61. The lowest BCUT2D eigenvalue weighted by atomic mass is 9.80. The minimum absolute atomic E-state index is 0.0229. The molecule has 1 heterocycles. The highest BCUT2D eigenvalue weighted by molar-refractivity contribution is 4.96. The number of hydrogen-bond donors (Lipinski definition) is 1. The van der Waals surface area contributed by atoms with E-state index in [0.717, 1.165) is 13.0 Å². The van der Waals surface area contributed by atoms with Gasteiger partial charge in [0.15, 0.2) is 0 Å². The molecule has 15 heavy (non-hydrogen) atoms. The van der Waals surface area contributed by atoms with E-state index in [0.29, 0.717) is 6.54 Å². The quantitative estimate of drug-likeness (QED) is 0.785. The van der Waals surface area contributed by atoms with Crippen molar-refractivity contribution in [1.82, 2.24) is 5.32 Å². The third-order valence-electron chi connectivity index (χ3n) is 3.86. The van der Waals surface area contributed by atoms with Crippen molar-refractivity contribution in [2.24, 2.45) is 5.92 Å². The molecule has 1 aliphatic heterocycles. The number of alkyl halides is 2. The van der Waals surface area contributed by atoms with Crippen LogP contribution in [0.5, 0.6) is 0 Å². The molecule has 0 spiro atoms. The lowest BCUT2D eigenvalue weighted by Gasteiger charge is -2.38. The summed E-state index contributed by atoms with van der Waals surface area (Å²) < 4.78 is 30.7. The Labute approximate surface area is 89.4 Å². The van der Waals surface area contributed by atoms with Crippen molar-refractivity contribution in [3.05, 3.63) is 0 Å². The Balaban J connectivity index is 1.74. The van der Waals surface area contributed by atoms with Gasteiger partial charge < -0.3 is 10.1 Å². The van der Waals surface area contributed by atoms with Crippen LogP contribution in [0.25, 0.3) is 0 Å². The maximum absolute atomic E-state index is 12.6. The van der Waals surface area contributed by atoms with Gasteiger partial charge in [-0.1, -0.05) is 0 Å². The number of ether oxygens (including phenoxy) is 1. The first-order chi connectivity index (χ1) is 6.91. The largest absolute Gasteiger partial charge is 0.377 e. The summed E-state index contributed by atoms with van der Waals surface area (Å²) in [5.74, 6) is -2.25. The molecule has 88 valence electrons. The van der Waals surface area contributed by atoms with Gasteiger partial charge in [0.05, 0.1) is 6.10 Å². The van der Waals surface area contributed by atoms with Gasteiger partial charge in [0.25, 0.3) is 0 Å². The molecule has 1 N–H and O–H groups in total. The van der Waals surface area contributed by atoms with E-state index in [1.807, 2.05) is 6.92 Å². The third kappa shape index (κ3) is 2.31. The van der Waals surface area contributed by atoms with Crippen LogP contribution in [0.15, 0.2) is 0 Å². The van der Waals surface area contributed by atoms with E-state index in [1.54, 1.807) is 0 Å². The van der Waals surface area contributed by atoms with Crippen LogP contribution in [0, 0.1) is 5.92 Å². The Hall–Kier alpha value is -0.220. The molecule has 2 nitrogen and oxygen atoms in total. The summed E-state index contributed by atoms with van der Waals surface area (Å²) >= 11 is 0. The highest BCUT2D eigenvalue weighted by Crippen LogP contribution is 2.42. The van der Waals surface area contributed by atoms with E-state index in [9.17, 15) is 8.78 Å². The standard InChI is InChI=1S/C11H19F2NO/c1-8-10(2,3-4-15-8)14-7-9-5-11(12,13)6-9/h8-9,14H,3-7H2,1-2H3/t8-,10-/m0/s1. The summed E-state index contributed by atoms with van der Waals surface area (Å²) in [5, 5.41) is 3.39. The molecular weight excluding hydrogens is 200 g/mol. The number of halogens is 2. The minimum atomic E-state index is -2.40. The van der Waals surface area contributed by atoms with Crippen LogP contribution < -0.4 is 5.32 Å². The summed E-state index contributed by atoms with van der Waals surface area (Å²) in [7, 11) is 0. The number of nitrogens with one attached hydrogen (secondary N) is 1. The van der Waals surface area contributed by atoms with Crippen LogP contribution in [0.2, 0.25) is 0 Å². The fourth-order valence-corrected chi connectivity index (χ4v) is 2.37. The van der Waals surface area contributed by atoms with Crippen LogP contribution in [-0.4, -0.2) is 30.7 Å². The second kappa shape index (κ2) is 3.67. The highest BCUT2D eigenvalue weighted by atomic mass is 19.3. The number of hydrogen-bond acceptors (Lipinski definition) is 2. The Morgan fingerprint density at radius 3 is 2.53 bits per heavy atom. The summed E-state index contributed by atoms with van der Waals surface area (Å²) in [6.07, 6.45) is 1.24. The van der Waals surface area contributed by atoms with E-state index in [2.05, 4.69) is 12.2 Å². The first-order valence-corrected chi connectivity index (χ1v) is 5.66.